The Hall–Kier alpha value is -0.910. The van der Waals surface area contributed by atoms with Crippen molar-refractivity contribution in [2.24, 2.45) is 5.92 Å². The van der Waals surface area contributed by atoms with E-state index in [9.17, 15) is 4.79 Å². The molecule has 5 heteroatoms. The molecule has 1 saturated heterocycles. The van der Waals surface area contributed by atoms with Gasteiger partial charge in [0.1, 0.15) is 0 Å². The summed E-state index contributed by atoms with van der Waals surface area (Å²) in [6.45, 7) is 4.73. The highest BCUT2D eigenvalue weighted by molar-refractivity contribution is 7.07. The summed E-state index contributed by atoms with van der Waals surface area (Å²) in [6, 6.07) is 2.17. The van der Waals surface area contributed by atoms with Crippen molar-refractivity contribution < 1.29 is 4.79 Å². The third-order valence-corrected chi connectivity index (χ3v) is 4.32. The molecule has 1 amide bonds. The Morgan fingerprint density at radius 3 is 2.84 bits per heavy atom. The molecule has 106 valence electrons. The normalized spacial score (nSPS) is 22.2. The number of hydrogen-bond donors (Lipinski definition) is 0. The molecule has 1 aromatic rings. The summed E-state index contributed by atoms with van der Waals surface area (Å²) in [5.41, 5.74) is 1.35. The van der Waals surface area contributed by atoms with Crippen LogP contribution in [0.4, 0.5) is 0 Å². The molecule has 2 rings (SSSR count). The Kier molecular flexibility index (Phi) is 4.96. The average Bonchev–Trinajstić information content (AvgIpc) is 2.79. The van der Waals surface area contributed by atoms with Gasteiger partial charge in [0.15, 0.2) is 0 Å². The number of nitrogens with zero attached hydrogens (tertiary/aromatic N) is 3. The summed E-state index contributed by atoms with van der Waals surface area (Å²) in [6.07, 6.45) is 0. The van der Waals surface area contributed by atoms with Gasteiger partial charge in [-0.1, -0.05) is 0 Å². The van der Waals surface area contributed by atoms with Gasteiger partial charge in [-0.3, -0.25) is 9.69 Å². The van der Waals surface area contributed by atoms with Gasteiger partial charge in [0.2, 0.25) is 5.91 Å². The molecule has 1 aliphatic heterocycles. The number of hydrogen-bond acceptors (Lipinski definition) is 4. The van der Waals surface area contributed by atoms with Crippen LogP contribution in [0.1, 0.15) is 5.56 Å². The molecule has 2 heterocycles. The SMILES string of the molecule is CN1CCN(Cc2ccsc2)C[C@@H](C(=O)N(C)C)C1. The molecule has 1 aromatic heterocycles. The fraction of sp³-hybridized carbons (Fsp3) is 0.643. The largest absolute Gasteiger partial charge is 0.348 e. The van der Waals surface area contributed by atoms with Gasteiger partial charge < -0.3 is 9.80 Å². The van der Waals surface area contributed by atoms with E-state index in [1.165, 1.54) is 5.56 Å². The molecule has 0 aliphatic carbocycles. The molecule has 1 fully saturated rings. The van der Waals surface area contributed by atoms with Crippen LogP contribution in [-0.2, 0) is 11.3 Å². The minimum atomic E-state index is 0.0844. The van der Waals surface area contributed by atoms with E-state index in [-0.39, 0.29) is 11.8 Å². The fourth-order valence-corrected chi connectivity index (χ4v) is 3.21. The highest BCUT2D eigenvalue weighted by atomic mass is 32.1. The molecule has 19 heavy (non-hydrogen) atoms. The standard InChI is InChI=1S/C14H23N3OS/c1-15(2)14(18)13-9-16(3)5-6-17(10-13)8-12-4-7-19-11-12/h4,7,11,13H,5-6,8-10H2,1-3H3/t13-/m0/s1. The molecule has 0 aromatic carbocycles. The van der Waals surface area contributed by atoms with E-state index in [2.05, 4.69) is 33.7 Å². The Labute approximate surface area is 119 Å². The monoisotopic (exact) mass is 281 g/mol. The van der Waals surface area contributed by atoms with Gasteiger partial charge >= 0.3 is 0 Å². The van der Waals surface area contributed by atoms with Crippen molar-refractivity contribution in [2.75, 3.05) is 47.3 Å². The van der Waals surface area contributed by atoms with Gasteiger partial charge in [0.25, 0.3) is 0 Å². The lowest BCUT2D eigenvalue weighted by Crippen LogP contribution is -2.39. The average molecular weight is 281 g/mol. The van der Waals surface area contributed by atoms with Crippen molar-refractivity contribution in [1.82, 2.24) is 14.7 Å². The zero-order chi connectivity index (χ0) is 13.8. The number of rotatable bonds is 3. The first-order valence-electron chi connectivity index (χ1n) is 6.69. The predicted octanol–water partition coefficient (Wildman–Crippen LogP) is 1.20. The topological polar surface area (TPSA) is 26.8 Å². The second-order valence-electron chi connectivity index (χ2n) is 5.56. The highest BCUT2D eigenvalue weighted by Gasteiger charge is 2.27. The Bertz CT molecular complexity index is 405. The van der Waals surface area contributed by atoms with Gasteiger partial charge in [-0.05, 0) is 29.4 Å². The smallest absolute Gasteiger partial charge is 0.227 e. The summed E-state index contributed by atoms with van der Waals surface area (Å²) < 4.78 is 0. The molecular weight excluding hydrogens is 258 g/mol. The molecule has 1 atom stereocenters. The summed E-state index contributed by atoms with van der Waals surface area (Å²) in [5.74, 6) is 0.324. The second-order valence-corrected chi connectivity index (χ2v) is 6.34. The van der Waals surface area contributed by atoms with E-state index >= 15 is 0 Å². The van der Waals surface area contributed by atoms with Crippen LogP contribution in [0.15, 0.2) is 16.8 Å². The molecule has 1 aliphatic rings. The minimum Gasteiger partial charge on any atom is -0.348 e. The van der Waals surface area contributed by atoms with Crippen LogP contribution < -0.4 is 0 Å². The molecule has 4 nitrogen and oxygen atoms in total. The number of carbonyl (C=O) groups is 1. The second kappa shape index (κ2) is 6.50. The van der Waals surface area contributed by atoms with Crippen molar-refractivity contribution in [3.63, 3.8) is 0 Å². The summed E-state index contributed by atoms with van der Waals surface area (Å²) in [5, 5.41) is 4.30. The van der Waals surface area contributed by atoms with Crippen LogP contribution in [0.3, 0.4) is 0 Å². The van der Waals surface area contributed by atoms with Gasteiger partial charge in [0.05, 0.1) is 5.92 Å². The first-order chi connectivity index (χ1) is 9.06. The van der Waals surface area contributed by atoms with E-state index in [0.29, 0.717) is 0 Å². The van der Waals surface area contributed by atoms with Gasteiger partial charge in [-0.25, -0.2) is 0 Å². The molecule has 0 bridgehead atoms. The van der Waals surface area contributed by atoms with Crippen LogP contribution in [0.25, 0.3) is 0 Å². The van der Waals surface area contributed by atoms with Crippen LogP contribution in [-0.4, -0.2) is 67.9 Å². The van der Waals surface area contributed by atoms with Gasteiger partial charge in [-0.15, -0.1) is 0 Å². The Balaban J connectivity index is 2.02. The number of carbonyl (C=O) groups excluding carboxylic acids is 1. The van der Waals surface area contributed by atoms with E-state index in [1.54, 1.807) is 16.2 Å². The van der Waals surface area contributed by atoms with Crippen molar-refractivity contribution >= 4 is 17.2 Å². The van der Waals surface area contributed by atoms with Crippen molar-refractivity contribution in [3.8, 4) is 0 Å². The fourth-order valence-electron chi connectivity index (χ4n) is 2.55. The molecule has 0 spiro atoms. The first-order valence-corrected chi connectivity index (χ1v) is 7.63. The van der Waals surface area contributed by atoms with Crippen molar-refractivity contribution in [3.05, 3.63) is 22.4 Å². The summed E-state index contributed by atoms with van der Waals surface area (Å²) >= 11 is 1.73. The van der Waals surface area contributed by atoms with Crippen LogP contribution in [0.2, 0.25) is 0 Å². The van der Waals surface area contributed by atoms with E-state index in [4.69, 9.17) is 0 Å². The zero-order valence-electron chi connectivity index (χ0n) is 12.0. The van der Waals surface area contributed by atoms with Crippen LogP contribution >= 0.6 is 11.3 Å². The number of amides is 1. The van der Waals surface area contributed by atoms with E-state index in [0.717, 1.165) is 32.7 Å². The number of thiophene rings is 1. The van der Waals surface area contributed by atoms with Crippen LogP contribution in [0, 0.1) is 5.92 Å². The van der Waals surface area contributed by atoms with Crippen molar-refractivity contribution in [2.45, 2.75) is 6.54 Å². The minimum absolute atomic E-state index is 0.0844. The van der Waals surface area contributed by atoms with E-state index < -0.39 is 0 Å². The molecule has 0 N–H and O–H groups in total. The summed E-state index contributed by atoms with van der Waals surface area (Å²) in [4.78, 5) is 18.6. The van der Waals surface area contributed by atoms with E-state index in [1.807, 2.05) is 14.1 Å². The maximum Gasteiger partial charge on any atom is 0.227 e. The third-order valence-electron chi connectivity index (χ3n) is 3.58. The Morgan fingerprint density at radius 1 is 1.42 bits per heavy atom. The summed E-state index contributed by atoms with van der Waals surface area (Å²) in [7, 11) is 5.79. The molecule has 0 unspecified atom stereocenters. The maximum absolute atomic E-state index is 12.2. The predicted molar refractivity (Wildman–Crippen MR) is 79.3 cm³/mol. The van der Waals surface area contributed by atoms with Gasteiger partial charge in [0, 0.05) is 46.8 Å². The molecule has 0 saturated carbocycles. The Morgan fingerprint density at radius 2 is 2.21 bits per heavy atom. The number of likely N-dealkylation sites (N-methyl/N-ethyl adjacent to an activating group) is 1. The maximum atomic E-state index is 12.2. The van der Waals surface area contributed by atoms with Crippen LogP contribution in [0.5, 0.6) is 0 Å². The quantitative estimate of drug-likeness (QED) is 0.833. The lowest BCUT2D eigenvalue weighted by molar-refractivity contribution is -0.133. The third kappa shape index (κ3) is 4.03. The molecule has 0 radical (unpaired) electrons. The lowest BCUT2D eigenvalue weighted by Gasteiger charge is -2.25. The van der Waals surface area contributed by atoms with Gasteiger partial charge in [-0.2, -0.15) is 11.3 Å². The molecular formula is C14H23N3OS. The highest BCUT2D eigenvalue weighted by Crippen LogP contribution is 2.15. The van der Waals surface area contributed by atoms with Crippen molar-refractivity contribution in [1.29, 1.82) is 0 Å². The zero-order valence-corrected chi connectivity index (χ0v) is 12.8. The lowest BCUT2D eigenvalue weighted by atomic mass is 10.1. The first kappa shape index (κ1) is 14.5.